The van der Waals surface area contributed by atoms with Crippen molar-refractivity contribution in [3.63, 3.8) is 0 Å². The predicted octanol–water partition coefficient (Wildman–Crippen LogP) is 2.77. The van der Waals surface area contributed by atoms with E-state index in [0.29, 0.717) is 35.2 Å². The Hall–Kier alpha value is -3.12. The third-order valence-corrected chi connectivity index (χ3v) is 9.44. The summed E-state index contributed by atoms with van der Waals surface area (Å²) in [7, 11) is 4.02. The number of hydrogen-bond acceptors (Lipinski definition) is 9. The zero-order valence-electron chi connectivity index (χ0n) is 21.3. The van der Waals surface area contributed by atoms with Gasteiger partial charge in [0.2, 0.25) is 14.2 Å². The van der Waals surface area contributed by atoms with Crippen LogP contribution >= 0.6 is 11.3 Å². The lowest BCUT2D eigenvalue weighted by Crippen LogP contribution is -2.25. The molecule has 9 nitrogen and oxygen atoms in total. The maximum absolute atomic E-state index is 13.3. The molecule has 3 heterocycles. The van der Waals surface area contributed by atoms with Crippen LogP contribution in [0.15, 0.2) is 32.6 Å². The van der Waals surface area contributed by atoms with Gasteiger partial charge in [-0.1, -0.05) is 11.5 Å². The molecule has 1 aromatic carbocycles. The Balaban J connectivity index is 1.95. The number of ether oxygens (including phenoxy) is 1. The van der Waals surface area contributed by atoms with Crippen LogP contribution in [0, 0.1) is 6.92 Å². The molecule has 2 aromatic heterocycles. The molecule has 4 rings (SSSR count). The minimum absolute atomic E-state index is 0.0201. The van der Waals surface area contributed by atoms with Gasteiger partial charge in [0, 0.05) is 65.3 Å². The monoisotopic (exact) mass is 540 g/mol. The van der Waals surface area contributed by atoms with Crippen molar-refractivity contribution in [2.75, 3.05) is 19.7 Å². The maximum atomic E-state index is 13.3. The van der Waals surface area contributed by atoms with E-state index in [0.717, 1.165) is 23.5 Å². The highest BCUT2D eigenvalue weighted by molar-refractivity contribution is 7.92. The number of nitrogens with zero attached hydrogens (tertiary/aromatic N) is 4. The van der Waals surface area contributed by atoms with Gasteiger partial charge in [-0.25, -0.2) is 18.2 Å². The minimum atomic E-state index is -3.86. The fraction of sp³-hybridized carbons (Fsp3) is 0.400. The highest BCUT2D eigenvalue weighted by atomic mass is 32.2. The van der Waals surface area contributed by atoms with Gasteiger partial charge in [-0.3, -0.25) is 4.99 Å². The first-order chi connectivity index (χ1) is 17.5. The molecule has 3 aromatic rings. The maximum Gasteiger partial charge on any atom is 0.340 e. The topological polar surface area (TPSA) is 114 Å². The Kier molecular flexibility index (Phi) is 7.79. The van der Waals surface area contributed by atoms with Gasteiger partial charge in [0.15, 0.2) is 0 Å². The Morgan fingerprint density at radius 2 is 2.08 bits per heavy atom. The predicted molar refractivity (Wildman–Crippen MR) is 146 cm³/mol. The van der Waals surface area contributed by atoms with Crippen molar-refractivity contribution in [2.24, 2.45) is 12.0 Å². The van der Waals surface area contributed by atoms with Gasteiger partial charge in [0.1, 0.15) is 13.6 Å². The lowest BCUT2D eigenvalue weighted by molar-refractivity contribution is 0.0527. The number of esters is 1. The van der Waals surface area contributed by atoms with Gasteiger partial charge in [-0.15, -0.1) is 11.3 Å². The molecule has 0 aliphatic carbocycles. The van der Waals surface area contributed by atoms with Gasteiger partial charge >= 0.3 is 5.97 Å². The van der Waals surface area contributed by atoms with Crippen LogP contribution in [0.5, 0.6) is 5.75 Å². The van der Waals surface area contributed by atoms with Crippen molar-refractivity contribution in [3.8, 4) is 5.75 Å². The van der Waals surface area contributed by atoms with Gasteiger partial charge in [0.05, 0.1) is 24.5 Å². The van der Waals surface area contributed by atoms with Crippen LogP contribution in [0.3, 0.4) is 0 Å². The third kappa shape index (κ3) is 5.31. The largest absolute Gasteiger partial charge is 0.508 e. The Bertz CT molecular complexity index is 1520. The number of thiazole rings is 1. The molecule has 0 amide bonds. The number of rotatable bonds is 7. The third-order valence-electron chi connectivity index (χ3n) is 6.36. The number of fused-ring (bicyclic) bond motifs is 1. The molecule has 0 atom stereocenters. The molecule has 1 N–H and O–H groups in total. The summed E-state index contributed by atoms with van der Waals surface area (Å²) in [6, 6.07) is 1.55. The number of aromatic hydroxyl groups is 1. The molecule has 0 bridgehead atoms. The molecule has 2 radical (unpaired) electrons. The molecule has 194 valence electrons. The summed E-state index contributed by atoms with van der Waals surface area (Å²) in [5.74, 6) is -1.28. The summed E-state index contributed by atoms with van der Waals surface area (Å²) in [4.78, 5) is 23.9. The van der Waals surface area contributed by atoms with E-state index in [9.17, 15) is 18.3 Å². The van der Waals surface area contributed by atoms with E-state index in [1.807, 2.05) is 18.0 Å². The Labute approximate surface area is 221 Å². The van der Waals surface area contributed by atoms with Crippen molar-refractivity contribution in [3.05, 3.63) is 45.7 Å². The van der Waals surface area contributed by atoms with E-state index in [1.165, 1.54) is 0 Å². The van der Waals surface area contributed by atoms with Crippen molar-refractivity contribution >= 4 is 57.6 Å². The second-order valence-corrected chi connectivity index (χ2v) is 11.9. The Morgan fingerprint density at radius 1 is 1.32 bits per heavy atom. The first-order valence-electron chi connectivity index (χ1n) is 11.9. The molecule has 12 heteroatoms. The molecular weight excluding hydrogens is 511 g/mol. The lowest BCUT2D eigenvalue weighted by Gasteiger charge is -2.26. The van der Waals surface area contributed by atoms with Crippen LogP contribution < -0.4 is 5.46 Å². The van der Waals surface area contributed by atoms with E-state index in [-0.39, 0.29) is 40.0 Å². The summed E-state index contributed by atoms with van der Waals surface area (Å²) in [6.45, 7) is 6.93. The van der Waals surface area contributed by atoms with E-state index < -0.39 is 21.6 Å². The molecule has 1 aliphatic rings. The first-order valence-corrected chi connectivity index (χ1v) is 14.4. The SMILES string of the molecule is [B]c1cc2c(c(CN3CC=NCCC=C3C)c1O)c(C(=O)OCC)c(CS(=O)(=O)c1nc(C)cs1)n2C. The van der Waals surface area contributed by atoms with Crippen molar-refractivity contribution in [1.82, 2.24) is 14.5 Å². The first kappa shape index (κ1) is 26.9. The molecule has 37 heavy (non-hydrogen) atoms. The lowest BCUT2D eigenvalue weighted by atomic mass is 9.89. The number of carbonyl (C=O) groups is 1. The van der Waals surface area contributed by atoms with Crippen molar-refractivity contribution in [2.45, 2.75) is 43.8 Å². The molecule has 0 saturated heterocycles. The Morgan fingerprint density at radius 3 is 2.76 bits per heavy atom. The quantitative estimate of drug-likeness (QED) is 0.362. The van der Waals surface area contributed by atoms with Crippen LogP contribution in [0.1, 0.15) is 47.6 Å². The zero-order valence-corrected chi connectivity index (χ0v) is 22.9. The van der Waals surface area contributed by atoms with Crippen LogP contribution in [-0.2, 0) is 33.9 Å². The number of benzene rings is 1. The fourth-order valence-corrected chi connectivity index (χ4v) is 6.98. The van der Waals surface area contributed by atoms with Crippen LogP contribution in [0.2, 0.25) is 0 Å². The van der Waals surface area contributed by atoms with Gasteiger partial charge in [-0.2, -0.15) is 0 Å². The van der Waals surface area contributed by atoms with Crippen molar-refractivity contribution < 1.29 is 23.1 Å². The van der Waals surface area contributed by atoms with Crippen LogP contribution in [0.4, 0.5) is 0 Å². The standard InChI is InChI=1S/C25H29BN4O5S2/c1-5-35-24(32)22-20(14-37(33,34)25-28-15(2)13-36-25)29(4)19-11-18(26)23(31)17(21(19)22)12-30-10-9-27-8-6-7-16(30)3/h7,9,11,13,31H,5-6,8,10,12,14H2,1-4H3. The fourth-order valence-electron chi connectivity index (χ4n) is 4.45. The molecule has 0 spiro atoms. The summed E-state index contributed by atoms with van der Waals surface area (Å²) >= 11 is 1.04. The summed E-state index contributed by atoms with van der Waals surface area (Å²) in [5.41, 5.74) is 3.02. The number of phenolic OH excluding ortho intramolecular Hbond substituents is 1. The molecule has 0 saturated carbocycles. The van der Waals surface area contributed by atoms with Crippen LogP contribution in [0.25, 0.3) is 10.9 Å². The van der Waals surface area contributed by atoms with E-state index >= 15 is 0 Å². The highest BCUT2D eigenvalue weighted by Gasteiger charge is 2.31. The molecule has 0 fully saturated rings. The van der Waals surface area contributed by atoms with Gasteiger partial charge in [0.25, 0.3) is 0 Å². The van der Waals surface area contributed by atoms with E-state index in [1.54, 1.807) is 36.9 Å². The summed E-state index contributed by atoms with van der Waals surface area (Å²) < 4.78 is 33.6. The zero-order chi connectivity index (χ0) is 26.9. The van der Waals surface area contributed by atoms with E-state index in [2.05, 4.69) is 16.1 Å². The number of aryl methyl sites for hydroxylation is 2. The second kappa shape index (κ2) is 10.7. The average Bonchev–Trinajstić information content (AvgIpc) is 3.38. The van der Waals surface area contributed by atoms with Crippen molar-refractivity contribution in [1.29, 1.82) is 0 Å². The summed E-state index contributed by atoms with van der Waals surface area (Å²) in [5, 5.41) is 13.2. The van der Waals surface area contributed by atoms with Gasteiger partial charge < -0.3 is 19.3 Å². The number of allylic oxidation sites excluding steroid dienone is 1. The minimum Gasteiger partial charge on any atom is -0.508 e. The number of aliphatic imine (C=N–C) groups is 1. The molecule has 1 aliphatic heterocycles. The smallest absolute Gasteiger partial charge is 0.340 e. The van der Waals surface area contributed by atoms with Gasteiger partial charge in [-0.05, 0) is 33.3 Å². The number of phenols is 1. The van der Waals surface area contributed by atoms with E-state index in [4.69, 9.17) is 12.6 Å². The number of sulfone groups is 1. The number of hydrogen-bond donors (Lipinski definition) is 1. The number of carbonyl (C=O) groups excluding carboxylic acids is 1. The molecular formula is C25H29BN4O5S2. The normalized spacial score (nSPS) is 14.5. The second-order valence-electron chi connectivity index (χ2n) is 8.91. The average molecular weight is 540 g/mol. The number of aromatic nitrogens is 2. The highest BCUT2D eigenvalue weighted by Crippen LogP contribution is 2.36. The van der Waals surface area contributed by atoms with Crippen LogP contribution in [-0.4, -0.2) is 67.7 Å². The molecule has 0 unspecified atom stereocenters. The summed E-state index contributed by atoms with van der Waals surface area (Å²) in [6.07, 6.45) is 4.68.